The Kier molecular flexibility index (Phi) is 5.64. The van der Waals surface area contributed by atoms with Gasteiger partial charge in [0.05, 0.1) is 20.0 Å². The van der Waals surface area contributed by atoms with Crippen LogP contribution in [-0.4, -0.2) is 26.8 Å². The molecule has 164 valence electrons. The van der Waals surface area contributed by atoms with Crippen molar-refractivity contribution in [2.45, 2.75) is 13.2 Å². The number of nitrogens with zero attached hydrogens (tertiary/aromatic N) is 3. The van der Waals surface area contributed by atoms with Gasteiger partial charge < -0.3 is 19.1 Å². The normalized spacial score (nSPS) is 10.9. The average Bonchev–Trinajstić information content (AvgIpc) is 3.26. The molecule has 0 aliphatic rings. The monoisotopic (exact) mass is 437 g/mol. The molecule has 0 aliphatic heterocycles. The molecule has 0 unspecified atom stereocenters. The largest absolute Gasteiger partial charge is 0.504 e. The predicted octanol–water partition coefficient (Wildman–Crippen LogP) is 5.44. The van der Waals surface area contributed by atoms with Crippen LogP contribution in [0.5, 0.6) is 17.2 Å². The molecule has 0 bridgehead atoms. The third-order valence-electron chi connectivity index (χ3n) is 5.46. The van der Waals surface area contributed by atoms with Crippen LogP contribution in [0.25, 0.3) is 22.3 Å². The quantitative estimate of drug-likeness (QED) is 0.367. The summed E-state index contributed by atoms with van der Waals surface area (Å²) in [5.74, 6) is 1.25. The fourth-order valence-electron chi connectivity index (χ4n) is 3.86. The van der Waals surface area contributed by atoms with E-state index in [9.17, 15) is 5.11 Å². The molecule has 0 amide bonds. The van der Waals surface area contributed by atoms with Gasteiger partial charge >= 0.3 is 0 Å². The molecule has 0 saturated carbocycles. The highest BCUT2D eigenvalue weighted by Gasteiger charge is 2.16. The average molecular weight is 437 g/mol. The highest BCUT2D eigenvalue weighted by atomic mass is 16.5. The third-order valence-corrected chi connectivity index (χ3v) is 5.46. The summed E-state index contributed by atoms with van der Waals surface area (Å²) in [7, 11) is 1.64. The fourth-order valence-corrected chi connectivity index (χ4v) is 3.86. The SMILES string of the molecule is COc1cccc(-c2cc(Cn3cnc4cccnc43)cc(O)c2OCc2ccccc2)c1. The summed E-state index contributed by atoms with van der Waals surface area (Å²) < 4.78 is 13.5. The number of hydrogen-bond acceptors (Lipinski definition) is 5. The van der Waals surface area contributed by atoms with Gasteiger partial charge in [-0.3, -0.25) is 0 Å². The number of aromatic hydroxyl groups is 1. The summed E-state index contributed by atoms with van der Waals surface area (Å²) >= 11 is 0. The van der Waals surface area contributed by atoms with Gasteiger partial charge in [-0.05, 0) is 53.1 Å². The Labute approximate surface area is 191 Å². The molecule has 1 N–H and O–H groups in total. The van der Waals surface area contributed by atoms with E-state index in [0.717, 1.165) is 39.2 Å². The number of phenols is 1. The van der Waals surface area contributed by atoms with E-state index < -0.39 is 0 Å². The van der Waals surface area contributed by atoms with Gasteiger partial charge in [-0.25, -0.2) is 9.97 Å². The van der Waals surface area contributed by atoms with E-state index in [-0.39, 0.29) is 5.75 Å². The molecule has 0 fully saturated rings. The summed E-state index contributed by atoms with van der Waals surface area (Å²) in [4.78, 5) is 8.86. The van der Waals surface area contributed by atoms with Crippen LogP contribution in [0.4, 0.5) is 0 Å². The smallest absolute Gasteiger partial charge is 0.169 e. The Bertz CT molecular complexity index is 1400. The summed E-state index contributed by atoms with van der Waals surface area (Å²) in [6, 6.07) is 25.2. The number of pyridine rings is 1. The van der Waals surface area contributed by atoms with E-state index in [1.165, 1.54) is 0 Å². The number of hydrogen-bond donors (Lipinski definition) is 1. The molecule has 2 heterocycles. The zero-order valence-electron chi connectivity index (χ0n) is 18.2. The van der Waals surface area contributed by atoms with Crippen molar-refractivity contribution in [1.82, 2.24) is 14.5 Å². The molecule has 0 radical (unpaired) electrons. The molecular weight excluding hydrogens is 414 g/mol. The lowest BCUT2D eigenvalue weighted by Crippen LogP contribution is -2.02. The first-order valence-corrected chi connectivity index (χ1v) is 10.6. The van der Waals surface area contributed by atoms with Crippen molar-refractivity contribution in [3.05, 3.63) is 103 Å². The van der Waals surface area contributed by atoms with E-state index in [4.69, 9.17) is 9.47 Å². The topological polar surface area (TPSA) is 69.4 Å². The Hall–Kier alpha value is -4.32. The van der Waals surface area contributed by atoms with Gasteiger partial charge in [0.1, 0.15) is 17.9 Å². The minimum atomic E-state index is 0.0821. The Morgan fingerprint density at radius 1 is 0.879 bits per heavy atom. The first-order chi connectivity index (χ1) is 16.2. The van der Waals surface area contributed by atoms with Gasteiger partial charge in [0.15, 0.2) is 17.1 Å². The van der Waals surface area contributed by atoms with E-state index >= 15 is 0 Å². The van der Waals surface area contributed by atoms with Crippen molar-refractivity contribution in [3.8, 4) is 28.4 Å². The molecule has 0 saturated heterocycles. The van der Waals surface area contributed by atoms with Crippen molar-refractivity contribution in [2.24, 2.45) is 0 Å². The molecule has 0 spiro atoms. The molecule has 2 aromatic heterocycles. The second kappa shape index (κ2) is 9.04. The van der Waals surface area contributed by atoms with E-state index in [0.29, 0.717) is 18.9 Å². The maximum atomic E-state index is 11.0. The van der Waals surface area contributed by atoms with Gasteiger partial charge in [0, 0.05) is 11.8 Å². The van der Waals surface area contributed by atoms with Crippen LogP contribution in [0.3, 0.4) is 0 Å². The molecular formula is C27H23N3O3. The first kappa shape index (κ1) is 20.6. The Morgan fingerprint density at radius 3 is 2.61 bits per heavy atom. The lowest BCUT2D eigenvalue weighted by atomic mass is 10.0. The second-order valence-corrected chi connectivity index (χ2v) is 7.72. The molecule has 5 aromatic rings. The molecule has 6 heteroatoms. The van der Waals surface area contributed by atoms with Crippen LogP contribution in [0.15, 0.2) is 91.4 Å². The zero-order chi connectivity index (χ0) is 22.6. The minimum Gasteiger partial charge on any atom is -0.504 e. The van der Waals surface area contributed by atoms with E-state index in [1.807, 2.05) is 77.4 Å². The number of benzene rings is 3. The minimum absolute atomic E-state index is 0.0821. The number of phenolic OH excluding ortho intramolecular Hbond substituents is 1. The predicted molar refractivity (Wildman–Crippen MR) is 127 cm³/mol. The zero-order valence-corrected chi connectivity index (χ0v) is 18.2. The molecule has 0 atom stereocenters. The molecule has 33 heavy (non-hydrogen) atoms. The van der Waals surface area contributed by atoms with Crippen molar-refractivity contribution < 1.29 is 14.6 Å². The van der Waals surface area contributed by atoms with Crippen LogP contribution in [0.2, 0.25) is 0 Å². The maximum absolute atomic E-state index is 11.0. The van der Waals surface area contributed by atoms with Crippen molar-refractivity contribution in [1.29, 1.82) is 0 Å². The number of imidazole rings is 1. The van der Waals surface area contributed by atoms with Crippen LogP contribution in [0, 0.1) is 0 Å². The lowest BCUT2D eigenvalue weighted by molar-refractivity contribution is 0.290. The first-order valence-electron chi connectivity index (χ1n) is 10.6. The molecule has 3 aromatic carbocycles. The maximum Gasteiger partial charge on any atom is 0.169 e. The van der Waals surface area contributed by atoms with E-state index in [2.05, 4.69) is 9.97 Å². The summed E-state index contributed by atoms with van der Waals surface area (Å²) in [6.45, 7) is 0.859. The fraction of sp³-hybridized carbons (Fsp3) is 0.111. The molecule has 0 aliphatic carbocycles. The standard InChI is InChI=1S/C27H23N3O3/c1-32-22-10-5-9-21(15-22)23-13-20(16-30-18-29-24-11-6-12-28-27(24)30)14-25(31)26(23)33-17-19-7-3-2-4-8-19/h2-15,18,31H,16-17H2,1H3. The number of fused-ring (bicyclic) bond motifs is 1. The number of ether oxygens (including phenoxy) is 2. The Morgan fingerprint density at radius 2 is 1.76 bits per heavy atom. The summed E-state index contributed by atoms with van der Waals surface area (Å²) in [6.07, 6.45) is 3.51. The van der Waals surface area contributed by atoms with Crippen molar-refractivity contribution in [3.63, 3.8) is 0 Å². The van der Waals surface area contributed by atoms with Crippen LogP contribution >= 0.6 is 0 Å². The van der Waals surface area contributed by atoms with Gasteiger partial charge in [-0.2, -0.15) is 0 Å². The summed E-state index contributed by atoms with van der Waals surface area (Å²) in [5.41, 5.74) is 5.23. The summed E-state index contributed by atoms with van der Waals surface area (Å²) in [5, 5.41) is 11.0. The number of methoxy groups -OCH3 is 1. The number of rotatable bonds is 7. The van der Waals surface area contributed by atoms with Gasteiger partial charge in [0.2, 0.25) is 0 Å². The molecule has 5 rings (SSSR count). The van der Waals surface area contributed by atoms with Gasteiger partial charge in [-0.1, -0.05) is 42.5 Å². The Balaban J connectivity index is 1.55. The van der Waals surface area contributed by atoms with E-state index in [1.54, 1.807) is 25.7 Å². The lowest BCUT2D eigenvalue weighted by Gasteiger charge is -2.16. The van der Waals surface area contributed by atoms with Crippen LogP contribution in [-0.2, 0) is 13.2 Å². The van der Waals surface area contributed by atoms with Crippen molar-refractivity contribution >= 4 is 11.2 Å². The van der Waals surface area contributed by atoms with Crippen LogP contribution < -0.4 is 9.47 Å². The van der Waals surface area contributed by atoms with Gasteiger partial charge in [0.25, 0.3) is 0 Å². The van der Waals surface area contributed by atoms with Crippen LogP contribution in [0.1, 0.15) is 11.1 Å². The highest BCUT2D eigenvalue weighted by Crippen LogP contribution is 2.40. The van der Waals surface area contributed by atoms with Gasteiger partial charge in [-0.15, -0.1) is 0 Å². The second-order valence-electron chi connectivity index (χ2n) is 7.72. The molecule has 6 nitrogen and oxygen atoms in total. The third kappa shape index (κ3) is 4.36. The van der Waals surface area contributed by atoms with Crippen molar-refractivity contribution in [2.75, 3.05) is 7.11 Å². The number of aromatic nitrogens is 3. The highest BCUT2D eigenvalue weighted by molar-refractivity contribution is 5.76.